The van der Waals surface area contributed by atoms with Crippen molar-refractivity contribution in [3.8, 4) is 5.75 Å². The maximum absolute atomic E-state index is 13.5. The van der Waals surface area contributed by atoms with Crippen LogP contribution in [0.1, 0.15) is 22.2 Å². The molecule has 3 aromatic rings. The number of nitrogens with one attached hydrogen (secondary N) is 2. The highest BCUT2D eigenvalue weighted by Crippen LogP contribution is 2.33. The summed E-state index contributed by atoms with van der Waals surface area (Å²) in [4.78, 5) is 13.2. The van der Waals surface area contributed by atoms with Gasteiger partial charge in [0.15, 0.2) is 0 Å². The number of amides is 1. The highest BCUT2D eigenvalue weighted by atomic mass is 32.2. The summed E-state index contributed by atoms with van der Waals surface area (Å²) in [7, 11) is -2.04. The lowest BCUT2D eigenvalue weighted by molar-refractivity contribution is 0.103. The summed E-state index contributed by atoms with van der Waals surface area (Å²) in [5, 5.41) is 3.48. The first kappa shape index (κ1) is 20.1. The molecule has 1 heterocycles. The van der Waals surface area contributed by atoms with Crippen molar-refractivity contribution in [2.75, 3.05) is 22.9 Å². The standard InChI is InChI=1S/C19H19FN2O4S2/c1-4-28(24,25)22-15-7-6-13(10-16(15)26-3)21-19(23)18-11(2)14-9-12(20)5-8-17(14)27-18/h5-10,22H,4H2,1-3H3,(H,21,23). The fourth-order valence-electron chi connectivity index (χ4n) is 2.69. The molecule has 0 bridgehead atoms. The number of fused-ring (bicyclic) bond motifs is 1. The number of rotatable bonds is 6. The van der Waals surface area contributed by atoms with Gasteiger partial charge < -0.3 is 10.1 Å². The third-order valence-corrected chi connectivity index (χ3v) is 6.77. The molecule has 0 aliphatic rings. The first-order chi connectivity index (χ1) is 13.2. The van der Waals surface area contributed by atoms with Crippen LogP contribution in [0.3, 0.4) is 0 Å². The molecule has 3 rings (SSSR count). The van der Waals surface area contributed by atoms with Crippen molar-refractivity contribution in [2.24, 2.45) is 0 Å². The van der Waals surface area contributed by atoms with E-state index in [1.807, 2.05) is 0 Å². The SMILES string of the molecule is CCS(=O)(=O)Nc1ccc(NC(=O)c2sc3ccc(F)cc3c2C)cc1OC. The summed E-state index contributed by atoms with van der Waals surface area (Å²) in [6, 6.07) is 9.06. The number of aryl methyl sites for hydroxylation is 1. The van der Waals surface area contributed by atoms with Crippen molar-refractivity contribution in [2.45, 2.75) is 13.8 Å². The predicted molar refractivity (Wildman–Crippen MR) is 111 cm³/mol. The molecule has 148 valence electrons. The zero-order valence-electron chi connectivity index (χ0n) is 15.5. The van der Waals surface area contributed by atoms with E-state index in [1.54, 1.807) is 19.1 Å². The van der Waals surface area contributed by atoms with Gasteiger partial charge in [-0.05, 0) is 55.1 Å². The van der Waals surface area contributed by atoms with Gasteiger partial charge in [-0.15, -0.1) is 11.3 Å². The molecule has 0 radical (unpaired) electrons. The third-order valence-electron chi connectivity index (χ3n) is 4.21. The van der Waals surface area contributed by atoms with E-state index in [1.165, 1.54) is 49.6 Å². The van der Waals surface area contributed by atoms with Gasteiger partial charge in [0.05, 0.1) is 23.4 Å². The second-order valence-corrected chi connectivity index (χ2v) is 9.13. The Kier molecular flexibility index (Phi) is 5.57. The van der Waals surface area contributed by atoms with E-state index in [-0.39, 0.29) is 28.9 Å². The average Bonchev–Trinajstić information content (AvgIpc) is 2.99. The van der Waals surface area contributed by atoms with E-state index in [2.05, 4.69) is 10.0 Å². The minimum atomic E-state index is -3.45. The van der Waals surface area contributed by atoms with Crippen LogP contribution in [0.2, 0.25) is 0 Å². The lowest BCUT2D eigenvalue weighted by Gasteiger charge is -2.13. The molecule has 0 spiro atoms. The molecule has 0 saturated carbocycles. The first-order valence-corrected chi connectivity index (χ1v) is 10.9. The summed E-state index contributed by atoms with van der Waals surface area (Å²) in [5.41, 5.74) is 1.44. The van der Waals surface area contributed by atoms with Crippen LogP contribution >= 0.6 is 11.3 Å². The summed E-state index contributed by atoms with van der Waals surface area (Å²) in [5.74, 6) is -0.469. The zero-order chi connectivity index (χ0) is 20.5. The van der Waals surface area contributed by atoms with E-state index in [9.17, 15) is 17.6 Å². The predicted octanol–water partition coefficient (Wildman–Crippen LogP) is 4.37. The summed E-state index contributed by atoms with van der Waals surface area (Å²) in [6.45, 7) is 3.30. The molecule has 2 N–H and O–H groups in total. The van der Waals surface area contributed by atoms with Gasteiger partial charge in [0.1, 0.15) is 11.6 Å². The highest BCUT2D eigenvalue weighted by Gasteiger charge is 2.17. The van der Waals surface area contributed by atoms with Crippen molar-refractivity contribution >= 4 is 48.7 Å². The molecular weight excluding hydrogens is 403 g/mol. The topological polar surface area (TPSA) is 84.5 Å². The lowest BCUT2D eigenvalue weighted by Crippen LogP contribution is -2.15. The largest absolute Gasteiger partial charge is 0.494 e. The number of hydrogen-bond donors (Lipinski definition) is 2. The minimum Gasteiger partial charge on any atom is -0.494 e. The van der Waals surface area contributed by atoms with Crippen LogP contribution in [0.5, 0.6) is 5.75 Å². The minimum absolute atomic E-state index is 0.0690. The molecule has 0 atom stereocenters. The number of ether oxygens (including phenoxy) is 1. The van der Waals surface area contributed by atoms with Gasteiger partial charge in [-0.3, -0.25) is 9.52 Å². The molecule has 0 saturated heterocycles. The second-order valence-electron chi connectivity index (χ2n) is 6.07. The van der Waals surface area contributed by atoms with Crippen LogP contribution in [0.15, 0.2) is 36.4 Å². The molecule has 6 nitrogen and oxygen atoms in total. The summed E-state index contributed by atoms with van der Waals surface area (Å²) >= 11 is 1.28. The molecule has 1 aromatic heterocycles. The Morgan fingerprint density at radius 2 is 1.96 bits per heavy atom. The van der Waals surface area contributed by atoms with Crippen LogP contribution in [-0.4, -0.2) is 27.2 Å². The number of methoxy groups -OCH3 is 1. The molecule has 0 fully saturated rings. The smallest absolute Gasteiger partial charge is 0.266 e. The van der Waals surface area contributed by atoms with Crippen molar-refractivity contribution < 1.29 is 22.3 Å². The Bertz CT molecular complexity index is 1160. The van der Waals surface area contributed by atoms with Crippen LogP contribution < -0.4 is 14.8 Å². The molecule has 1 amide bonds. The van der Waals surface area contributed by atoms with E-state index < -0.39 is 10.0 Å². The van der Waals surface area contributed by atoms with Gasteiger partial charge in [-0.25, -0.2) is 12.8 Å². The Morgan fingerprint density at radius 1 is 1.21 bits per heavy atom. The van der Waals surface area contributed by atoms with Gasteiger partial charge >= 0.3 is 0 Å². The number of anilines is 2. The maximum atomic E-state index is 13.5. The molecule has 0 aliphatic carbocycles. The Labute approximate surface area is 166 Å². The normalized spacial score (nSPS) is 11.4. The number of carbonyl (C=O) groups excluding carboxylic acids is 1. The van der Waals surface area contributed by atoms with Crippen molar-refractivity contribution in [1.29, 1.82) is 0 Å². The highest BCUT2D eigenvalue weighted by molar-refractivity contribution is 7.92. The van der Waals surface area contributed by atoms with Crippen LogP contribution in [-0.2, 0) is 10.0 Å². The number of halogens is 1. The summed E-state index contributed by atoms with van der Waals surface area (Å²) < 4.78 is 45.5. The van der Waals surface area contributed by atoms with E-state index in [4.69, 9.17) is 4.74 Å². The zero-order valence-corrected chi connectivity index (χ0v) is 17.1. The molecular formula is C19H19FN2O4S2. The quantitative estimate of drug-likeness (QED) is 0.618. The van der Waals surface area contributed by atoms with Crippen molar-refractivity contribution in [3.63, 3.8) is 0 Å². The van der Waals surface area contributed by atoms with Crippen molar-refractivity contribution in [3.05, 3.63) is 52.7 Å². The number of carbonyl (C=O) groups is 1. The molecule has 9 heteroatoms. The third kappa shape index (κ3) is 4.10. The molecule has 0 unspecified atom stereocenters. The van der Waals surface area contributed by atoms with Gasteiger partial charge in [-0.2, -0.15) is 0 Å². The van der Waals surface area contributed by atoms with Gasteiger partial charge in [0.25, 0.3) is 5.91 Å². The summed E-state index contributed by atoms with van der Waals surface area (Å²) in [6.07, 6.45) is 0. The van der Waals surface area contributed by atoms with E-state index in [0.717, 1.165) is 4.70 Å². The molecule has 2 aromatic carbocycles. The second kappa shape index (κ2) is 7.76. The van der Waals surface area contributed by atoms with Gasteiger partial charge in [-0.1, -0.05) is 0 Å². The van der Waals surface area contributed by atoms with E-state index >= 15 is 0 Å². The Hall–Kier alpha value is -2.65. The Morgan fingerprint density at radius 3 is 2.64 bits per heavy atom. The lowest BCUT2D eigenvalue weighted by atomic mass is 10.1. The van der Waals surface area contributed by atoms with Crippen LogP contribution in [0.25, 0.3) is 10.1 Å². The van der Waals surface area contributed by atoms with Crippen LogP contribution in [0.4, 0.5) is 15.8 Å². The number of hydrogen-bond acceptors (Lipinski definition) is 5. The van der Waals surface area contributed by atoms with Gasteiger partial charge in [0, 0.05) is 16.5 Å². The van der Waals surface area contributed by atoms with Crippen molar-refractivity contribution in [1.82, 2.24) is 0 Å². The van der Waals surface area contributed by atoms with E-state index in [0.29, 0.717) is 21.5 Å². The maximum Gasteiger partial charge on any atom is 0.266 e. The fraction of sp³-hybridized carbons (Fsp3) is 0.211. The monoisotopic (exact) mass is 422 g/mol. The van der Waals surface area contributed by atoms with Crippen LogP contribution in [0, 0.1) is 12.7 Å². The Balaban J connectivity index is 1.87. The molecule has 0 aliphatic heterocycles. The first-order valence-electron chi connectivity index (χ1n) is 8.42. The average molecular weight is 423 g/mol. The van der Waals surface area contributed by atoms with Gasteiger partial charge in [0.2, 0.25) is 10.0 Å². The number of sulfonamides is 1. The number of benzene rings is 2. The number of thiophene rings is 1. The molecule has 28 heavy (non-hydrogen) atoms. The fourth-order valence-corrected chi connectivity index (χ4v) is 4.42.